The minimum absolute atomic E-state index is 0.495. The van der Waals surface area contributed by atoms with Gasteiger partial charge in [-0.3, -0.25) is 0 Å². The number of hydrogen-bond donors (Lipinski definition) is 1. The molecule has 0 spiro atoms. The summed E-state index contributed by atoms with van der Waals surface area (Å²) in [7, 11) is 1.53. The fourth-order valence-corrected chi connectivity index (χ4v) is 2.11. The van der Waals surface area contributed by atoms with E-state index in [2.05, 4.69) is 11.4 Å². The van der Waals surface area contributed by atoms with Crippen LogP contribution in [-0.2, 0) is 6.54 Å². The highest BCUT2D eigenvalue weighted by Crippen LogP contribution is 2.24. The van der Waals surface area contributed by atoms with Crippen molar-refractivity contribution in [3.63, 3.8) is 0 Å². The van der Waals surface area contributed by atoms with Crippen LogP contribution in [-0.4, -0.2) is 7.11 Å². The summed E-state index contributed by atoms with van der Waals surface area (Å²) in [5, 5.41) is 21.4. The molecule has 0 radical (unpaired) electrons. The highest BCUT2D eigenvalue weighted by Gasteiger charge is 2.05. The third-order valence-electron chi connectivity index (χ3n) is 2.97. The van der Waals surface area contributed by atoms with Gasteiger partial charge in [-0.05, 0) is 35.9 Å². The molecule has 0 bridgehead atoms. The van der Waals surface area contributed by atoms with Gasteiger partial charge in [-0.1, -0.05) is 17.7 Å². The van der Waals surface area contributed by atoms with Crippen LogP contribution in [0.2, 0.25) is 5.02 Å². The Morgan fingerprint density at radius 3 is 2.57 bits per heavy atom. The molecule has 0 amide bonds. The predicted octanol–water partition coefficient (Wildman–Crippen LogP) is 3.70. The standard InChI is InChI=1S/C16H12ClN3O/c1-21-16-7-12(2-4-13(16)9-19)10-20-15-5-3-11(8-18)6-14(15)17/h2-7,20H,10H2,1H3. The molecule has 0 saturated carbocycles. The van der Waals surface area contributed by atoms with Crippen molar-refractivity contribution in [3.05, 3.63) is 58.1 Å². The first-order chi connectivity index (χ1) is 10.2. The normalized spacial score (nSPS) is 9.52. The quantitative estimate of drug-likeness (QED) is 0.934. The third-order valence-corrected chi connectivity index (χ3v) is 3.28. The van der Waals surface area contributed by atoms with Crippen LogP contribution < -0.4 is 10.1 Å². The molecule has 5 heteroatoms. The molecule has 21 heavy (non-hydrogen) atoms. The summed E-state index contributed by atoms with van der Waals surface area (Å²) in [5.74, 6) is 0.544. The smallest absolute Gasteiger partial charge is 0.136 e. The van der Waals surface area contributed by atoms with Crippen LogP contribution >= 0.6 is 11.6 Å². The fourth-order valence-electron chi connectivity index (χ4n) is 1.86. The van der Waals surface area contributed by atoms with Crippen molar-refractivity contribution in [1.29, 1.82) is 10.5 Å². The van der Waals surface area contributed by atoms with Gasteiger partial charge in [0.25, 0.3) is 0 Å². The topological polar surface area (TPSA) is 68.8 Å². The number of ether oxygens (including phenoxy) is 1. The van der Waals surface area contributed by atoms with E-state index in [1.165, 1.54) is 7.11 Å². The van der Waals surface area contributed by atoms with Crippen LogP contribution in [0.15, 0.2) is 36.4 Å². The van der Waals surface area contributed by atoms with Gasteiger partial charge in [0.1, 0.15) is 11.8 Å². The molecular weight excluding hydrogens is 286 g/mol. The molecule has 0 aliphatic heterocycles. The van der Waals surface area contributed by atoms with Crippen LogP contribution in [0.1, 0.15) is 16.7 Å². The monoisotopic (exact) mass is 297 g/mol. The van der Waals surface area contributed by atoms with Crippen molar-refractivity contribution in [1.82, 2.24) is 0 Å². The Labute approximate surface area is 128 Å². The lowest BCUT2D eigenvalue weighted by atomic mass is 10.1. The molecular formula is C16H12ClN3O. The second-order valence-electron chi connectivity index (χ2n) is 4.31. The Morgan fingerprint density at radius 1 is 1.14 bits per heavy atom. The average molecular weight is 298 g/mol. The van der Waals surface area contributed by atoms with Crippen LogP contribution in [0, 0.1) is 22.7 Å². The summed E-state index contributed by atoms with van der Waals surface area (Å²) < 4.78 is 5.17. The summed E-state index contributed by atoms with van der Waals surface area (Å²) in [5.41, 5.74) is 2.73. The second kappa shape index (κ2) is 6.65. The van der Waals surface area contributed by atoms with E-state index in [1.54, 1.807) is 24.3 Å². The first-order valence-electron chi connectivity index (χ1n) is 6.18. The van der Waals surface area contributed by atoms with Gasteiger partial charge in [0.05, 0.1) is 35.0 Å². The fraction of sp³-hybridized carbons (Fsp3) is 0.125. The van der Waals surface area contributed by atoms with Gasteiger partial charge in [-0.2, -0.15) is 10.5 Å². The molecule has 1 N–H and O–H groups in total. The molecule has 2 aromatic carbocycles. The molecule has 0 unspecified atom stereocenters. The van der Waals surface area contributed by atoms with E-state index in [4.69, 9.17) is 26.9 Å². The van der Waals surface area contributed by atoms with Crippen molar-refractivity contribution >= 4 is 17.3 Å². The van der Waals surface area contributed by atoms with E-state index in [1.807, 2.05) is 18.2 Å². The van der Waals surface area contributed by atoms with Crippen LogP contribution in [0.5, 0.6) is 5.75 Å². The highest BCUT2D eigenvalue weighted by atomic mass is 35.5. The van der Waals surface area contributed by atoms with Crippen LogP contribution in [0.25, 0.3) is 0 Å². The number of benzene rings is 2. The van der Waals surface area contributed by atoms with Gasteiger partial charge in [0, 0.05) is 6.54 Å². The summed E-state index contributed by atoms with van der Waals surface area (Å²) in [6, 6.07) is 14.6. The predicted molar refractivity (Wildman–Crippen MR) is 81.2 cm³/mol. The SMILES string of the molecule is COc1cc(CNc2ccc(C#N)cc2Cl)ccc1C#N. The molecule has 0 heterocycles. The number of nitrogens with one attached hydrogen (secondary N) is 1. The molecule has 4 nitrogen and oxygen atoms in total. The van der Waals surface area contributed by atoms with Gasteiger partial charge in [0.2, 0.25) is 0 Å². The summed E-state index contributed by atoms with van der Waals surface area (Å²) in [4.78, 5) is 0. The van der Waals surface area contributed by atoms with Gasteiger partial charge < -0.3 is 10.1 Å². The van der Waals surface area contributed by atoms with E-state index < -0.39 is 0 Å². The number of hydrogen-bond acceptors (Lipinski definition) is 4. The van der Waals surface area contributed by atoms with E-state index in [0.717, 1.165) is 11.3 Å². The minimum atomic E-state index is 0.495. The molecule has 2 aromatic rings. The summed E-state index contributed by atoms with van der Waals surface area (Å²) >= 11 is 6.10. The summed E-state index contributed by atoms with van der Waals surface area (Å²) in [6.07, 6.45) is 0. The molecule has 0 atom stereocenters. The number of methoxy groups -OCH3 is 1. The lowest BCUT2D eigenvalue weighted by molar-refractivity contribution is 0.413. The zero-order valence-corrected chi connectivity index (χ0v) is 12.1. The highest BCUT2D eigenvalue weighted by molar-refractivity contribution is 6.33. The Bertz CT molecular complexity index is 744. The van der Waals surface area contributed by atoms with Gasteiger partial charge >= 0.3 is 0 Å². The van der Waals surface area contributed by atoms with Crippen molar-refractivity contribution in [2.75, 3.05) is 12.4 Å². The largest absolute Gasteiger partial charge is 0.495 e. The number of nitriles is 2. The zero-order chi connectivity index (χ0) is 15.2. The number of halogens is 1. The van der Waals surface area contributed by atoms with E-state index in [9.17, 15) is 0 Å². The van der Waals surface area contributed by atoms with Crippen molar-refractivity contribution in [3.8, 4) is 17.9 Å². The molecule has 2 rings (SSSR count). The maximum atomic E-state index is 8.94. The maximum absolute atomic E-state index is 8.94. The van der Waals surface area contributed by atoms with Crippen LogP contribution in [0.4, 0.5) is 5.69 Å². The summed E-state index contributed by atoms with van der Waals surface area (Å²) in [6.45, 7) is 0.535. The molecule has 104 valence electrons. The number of rotatable bonds is 4. The van der Waals surface area contributed by atoms with Crippen molar-refractivity contribution in [2.24, 2.45) is 0 Å². The molecule has 0 saturated heterocycles. The van der Waals surface area contributed by atoms with Crippen LogP contribution in [0.3, 0.4) is 0 Å². The zero-order valence-electron chi connectivity index (χ0n) is 11.4. The molecule has 0 fully saturated rings. The van der Waals surface area contributed by atoms with Crippen molar-refractivity contribution < 1.29 is 4.74 Å². The Kier molecular flexibility index (Phi) is 4.66. The van der Waals surface area contributed by atoms with Crippen molar-refractivity contribution in [2.45, 2.75) is 6.54 Å². The average Bonchev–Trinajstić information content (AvgIpc) is 2.53. The Hall–Kier alpha value is -2.69. The Balaban J connectivity index is 2.14. The number of nitrogens with zero attached hydrogens (tertiary/aromatic N) is 2. The van der Waals surface area contributed by atoms with Gasteiger partial charge in [0.15, 0.2) is 0 Å². The van der Waals surface area contributed by atoms with E-state index in [-0.39, 0.29) is 0 Å². The minimum Gasteiger partial charge on any atom is -0.495 e. The number of anilines is 1. The molecule has 0 aliphatic rings. The van der Waals surface area contributed by atoms with Gasteiger partial charge in [-0.15, -0.1) is 0 Å². The third kappa shape index (κ3) is 3.45. The van der Waals surface area contributed by atoms with E-state index in [0.29, 0.717) is 28.4 Å². The van der Waals surface area contributed by atoms with E-state index >= 15 is 0 Å². The lowest BCUT2D eigenvalue weighted by Gasteiger charge is -2.10. The molecule has 0 aliphatic carbocycles. The van der Waals surface area contributed by atoms with Gasteiger partial charge in [-0.25, -0.2) is 0 Å². The lowest BCUT2D eigenvalue weighted by Crippen LogP contribution is -2.01. The molecule has 0 aromatic heterocycles. The maximum Gasteiger partial charge on any atom is 0.136 e. The first kappa shape index (κ1) is 14.7. The Morgan fingerprint density at radius 2 is 1.95 bits per heavy atom. The first-order valence-corrected chi connectivity index (χ1v) is 6.56. The second-order valence-corrected chi connectivity index (χ2v) is 4.71.